The van der Waals surface area contributed by atoms with E-state index in [1.807, 2.05) is 30.3 Å². The Balaban J connectivity index is 2.11. The summed E-state index contributed by atoms with van der Waals surface area (Å²) in [5, 5.41) is 3.51. The summed E-state index contributed by atoms with van der Waals surface area (Å²) >= 11 is 0. The lowest BCUT2D eigenvalue weighted by Crippen LogP contribution is -2.30. The maximum atomic E-state index is 12.4. The number of benzene rings is 1. The van der Waals surface area contributed by atoms with Gasteiger partial charge in [0.05, 0.1) is 6.20 Å². The molecule has 7 heteroatoms. The highest BCUT2D eigenvalue weighted by molar-refractivity contribution is 5.92. The van der Waals surface area contributed by atoms with Gasteiger partial charge in [0.15, 0.2) is 0 Å². The van der Waals surface area contributed by atoms with Crippen molar-refractivity contribution in [1.29, 1.82) is 0 Å². The number of aromatic nitrogens is 2. The number of hydrogen-bond donors (Lipinski definition) is 0. The van der Waals surface area contributed by atoms with Gasteiger partial charge in [-0.1, -0.05) is 30.3 Å². The molecule has 0 saturated heterocycles. The number of rotatable bonds is 4. The molecule has 1 heterocycles. The van der Waals surface area contributed by atoms with E-state index >= 15 is 0 Å². The highest BCUT2D eigenvalue weighted by Crippen LogP contribution is 2.18. The van der Waals surface area contributed by atoms with Crippen molar-refractivity contribution >= 4 is 5.91 Å². The number of hydrogen-bond acceptors (Lipinski definition) is 2. The lowest BCUT2D eigenvalue weighted by atomic mass is 10.2. The average molecular weight is 296 g/mol. The molecule has 4 nitrogen and oxygen atoms in total. The minimum Gasteiger partial charge on any atom is -0.336 e. The average Bonchev–Trinajstić information content (AvgIpc) is 2.84. The van der Waals surface area contributed by atoms with E-state index < -0.39 is 18.6 Å². The predicted octanol–water partition coefficient (Wildman–Crippen LogP) is 2.52. The second-order valence-corrected chi connectivity index (χ2v) is 4.56. The Labute approximate surface area is 119 Å². The van der Waals surface area contributed by atoms with Gasteiger partial charge in [-0.25, -0.2) is 0 Å². The van der Waals surface area contributed by atoms with Crippen molar-refractivity contribution in [2.75, 3.05) is 7.05 Å². The second-order valence-electron chi connectivity index (χ2n) is 4.56. The molecule has 0 unspecified atom stereocenters. The number of carbonyl (C=O) groups is 1. The van der Waals surface area contributed by atoms with Crippen LogP contribution in [0.5, 0.6) is 0 Å². The van der Waals surface area contributed by atoms with Gasteiger partial charge in [0.25, 0.3) is 5.91 Å². The molecule has 0 saturated carbocycles. The van der Waals surface area contributed by atoms with E-state index in [0.717, 1.165) is 11.8 Å². The van der Waals surface area contributed by atoms with Crippen LogP contribution in [0.25, 0.3) is 0 Å². The minimum absolute atomic E-state index is 0.203. The van der Waals surface area contributed by atoms with Crippen molar-refractivity contribution in [3.05, 3.63) is 53.9 Å². The fraction of sp³-hybridized carbons (Fsp3) is 0.286. The van der Waals surface area contributed by atoms with Crippen molar-refractivity contribution in [2.45, 2.75) is 19.3 Å². The quantitative estimate of drug-likeness (QED) is 0.869. The molecule has 0 spiro atoms. The summed E-state index contributed by atoms with van der Waals surface area (Å²) in [6.45, 7) is -1.01. The predicted molar refractivity (Wildman–Crippen MR) is 69.4 cm³/mol. The number of nitrogens with zero attached hydrogens (tertiary/aromatic N) is 3. The van der Waals surface area contributed by atoms with Crippen LogP contribution in [0.3, 0.4) is 0 Å². The normalized spacial score (nSPS) is 11.4. The zero-order valence-corrected chi connectivity index (χ0v) is 11.3. The van der Waals surface area contributed by atoms with Crippen LogP contribution in [0, 0.1) is 6.07 Å². The lowest BCUT2D eigenvalue weighted by molar-refractivity contribution is -0.142. The molecule has 0 aliphatic heterocycles. The molecule has 0 fully saturated rings. The van der Waals surface area contributed by atoms with Gasteiger partial charge in [-0.15, -0.1) is 0 Å². The van der Waals surface area contributed by atoms with Crippen molar-refractivity contribution in [2.24, 2.45) is 0 Å². The van der Waals surface area contributed by atoms with Crippen LogP contribution >= 0.6 is 0 Å². The largest absolute Gasteiger partial charge is 0.408 e. The van der Waals surface area contributed by atoms with E-state index in [-0.39, 0.29) is 5.69 Å². The third-order valence-corrected chi connectivity index (χ3v) is 2.80. The number of amides is 1. The third-order valence-electron chi connectivity index (χ3n) is 2.80. The van der Waals surface area contributed by atoms with Crippen molar-refractivity contribution < 1.29 is 18.0 Å². The van der Waals surface area contributed by atoms with E-state index in [2.05, 4.69) is 11.2 Å². The number of alkyl halides is 3. The topological polar surface area (TPSA) is 38.1 Å². The first-order chi connectivity index (χ1) is 9.87. The molecule has 0 aliphatic rings. The molecule has 0 bridgehead atoms. The molecule has 1 radical (unpaired) electrons. The molecule has 1 aromatic heterocycles. The molecule has 0 N–H and O–H groups in total. The molecule has 21 heavy (non-hydrogen) atoms. The minimum atomic E-state index is -4.44. The van der Waals surface area contributed by atoms with Gasteiger partial charge < -0.3 is 4.90 Å². The SMILES string of the molecule is CN(Cc1ccccc1)C(=O)c1[c]cnn1CC(F)(F)F. The highest BCUT2D eigenvalue weighted by Gasteiger charge is 2.31. The zero-order chi connectivity index (χ0) is 15.5. The Kier molecular flexibility index (Phi) is 4.30. The van der Waals surface area contributed by atoms with Crippen LogP contribution in [-0.4, -0.2) is 33.8 Å². The first kappa shape index (κ1) is 15.1. The van der Waals surface area contributed by atoms with Gasteiger partial charge in [0.2, 0.25) is 0 Å². The van der Waals surface area contributed by atoms with E-state index in [1.54, 1.807) is 0 Å². The van der Waals surface area contributed by atoms with Crippen LogP contribution in [-0.2, 0) is 13.1 Å². The molecule has 2 aromatic rings. The van der Waals surface area contributed by atoms with Gasteiger partial charge in [0, 0.05) is 19.7 Å². The van der Waals surface area contributed by atoms with Crippen molar-refractivity contribution in [3.8, 4) is 0 Å². The third kappa shape index (κ3) is 4.08. The van der Waals surface area contributed by atoms with Gasteiger partial charge in [-0.2, -0.15) is 18.3 Å². The van der Waals surface area contributed by atoms with Crippen LogP contribution in [0.15, 0.2) is 36.5 Å². The summed E-state index contributed by atoms with van der Waals surface area (Å²) < 4.78 is 37.8. The maximum Gasteiger partial charge on any atom is 0.408 e. The highest BCUT2D eigenvalue weighted by atomic mass is 19.4. The first-order valence-electron chi connectivity index (χ1n) is 6.16. The summed E-state index contributed by atoms with van der Waals surface area (Å²) in [7, 11) is 1.52. The van der Waals surface area contributed by atoms with E-state index in [0.29, 0.717) is 11.2 Å². The summed E-state index contributed by atoms with van der Waals surface area (Å²) in [6.07, 6.45) is -3.37. The van der Waals surface area contributed by atoms with E-state index in [9.17, 15) is 18.0 Å². The maximum absolute atomic E-state index is 12.4. The van der Waals surface area contributed by atoms with Crippen molar-refractivity contribution in [3.63, 3.8) is 0 Å². The molecule has 1 aromatic carbocycles. The molecule has 0 aliphatic carbocycles. The van der Waals surface area contributed by atoms with Gasteiger partial charge >= 0.3 is 6.18 Å². The summed E-state index contributed by atoms with van der Waals surface area (Å²) in [6, 6.07) is 11.6. The Morgan fingerprint density at radius 2 is 2.00 bits per heavy atom. The molecule has 0 atom stereocenters. The number of halogens is 3. The lowest BCUT2D eigenvalue weighted by Gasteiger charge is -2.18. The van der Waals surface area contributed by atoms with E-state index in [1.165, 1.54) is 11.9 Å². The molecular formula is C14H13F3N3O. The van der Waals surface area contributed by atoms with E-state index in [4.69, 9.17) is 0 Å². The summed E-state index contributed by atoms with van der Waals surface area (Å²) in [4.78, 5) is 13.5. The Morgan fingerprint density at radius 3 is 2.62 bits per heavy atom. The number of carbonyl (C=O) groups excluding carboxylic acids is 1. The van der Waals surface area contributed by atoms with Gasteiger partial charge in [0.1, 0.15) is 12.2 Å². The molecule has 2 rings (SSSR count). The summed E-state index contributed by atoms with van der Waals surface area (Å²) in [5.74, 6) is -0.555. The van der Waals surface area contributed by atoms with Crippen molar-refractivity contribution in [1.82, 2.24) is 14.7 Å². The fourth-order valence-corrected chi connectivity index (χ4v) is 1.86. The van der Waals surface area contributed by atoms with Crippen LogP contribution in [0.4, 0.5) is 13.2 Å². The van der Waals surface area contributed by atoms with Crippen LogP contribution in [0.1, 0.15) is 16.1 Å². The fourth-order valence-electron chi connectivity index (χ4n) is 1.86. The van der Waals surface area contributed by atoms with Crippen LogP contribution in [0.2, 0.25) is 0 Å². The molecular weight excluding hydrogens is 283 g/mol. The Morgan fingerprint density at radius 1 is 1.33 bits per heavy atom. The van der Waals surface area contributed by atoms with Gasteiger partial charge in [-0.3, -0.25) is 9.48 Å². The Hall–Kier alpha value is -2.31. The summed E-state index contributed by atoms with van der Waals surface area (Å²) in [5.41, 5.74) is 0.681. The van der Waals surface area contributed by atoms with Gasteiger partial charge in [-0.05, 0) is 5.56 Å². The molecule has 111 valence electrons. The standard InChI is InChI=1S/C14H13F3N3O/c1-19(9-11-5-3-2-4-6-11)13(21)12-7-8-18-20(12)10-14(15,16)17/h2-6,8H,9-10H2,1H3. The zero-order valence-electron chi connectivity index (χ0n) is 11.3. The molecule has 1 amide bonds. The van der Waals surface area contributed by atoms with Crippen LogP contribution < -0.4 is 0 Å². The monoisotopic (exact) mass is 296 g/mol. The first-order valence-corrected chi connectivity index (χ1v) is 6.16. The second kappa shape index (κ2) is 5.99. The Bertz CT molecular complexity index is 607. The smallest absolute Gasteiger partial charge is 0.336 e.